The number of rotatable bonds is 6. The maximum Gasteiger partial charge on any atom is 0.234 e. The fourth-order valence-corrected chi connectivity index (χ4v) is 3.22. The van der Waals surface area contributed by atoms with Crippen LogP contribution >= 0.6 is 11.8 Å². The molecule has 0 aliphatic heterocycles. The fourth-order valence-electron chi connectivity index (χ4n) is 2.40. The van der Waals surface area contributed by atoms with Crippen molar-refractivity contribution in [2.75, 3.05) is 11.1 Å². The first-order valence-electron chi connectivity index (χ1n) is 7.66. The normalized spacial score (nSPS) is 12.0. The van der Waals surface area contributed by atoms with Gasteiger partial charge in [-0.2, -0.15) is 0 Å². The third-order valence-corrected chi connectivity index (χ3v) is 4.94. The highest BCUT2D eigenvalue weighted by molar-refractivity contribution is 8.00. The van der Waals surface area contributed by atoms with Crippen molar-refractivity contribution in [3.63, 3.8) is 0 Å². The minimum atomic E-state index is 0.0665. The number of aryl methyl sites for hydroxylation is 2. The Balaban J connectivity index is 1.94. The standard InChI is InChI=1S/C19H23NOS/c1-4-16-12-8-9-14(2)19(16)20-18(21)13-22-15(3)17-10-6-5-7-11-17/h5-12,15H,4,13H2,1-3H3,(H,20,21)/t15-/m1/s1. The molecule has 0 aliphatic carbocycles. The zero-order valence-electron chi connectivity index (χ0n) is 13.4. The number of para-hydroxylation sites is 1. The lowest BCUT2D eigenvalue weighted by molar-refractivity contribution is -0.113. The van der Waals surface area contributed by atoms with Crippen LogP contribution in [0.1, 0.15) is 35.8 Å². The molecule has 0 unspecified atom stereocenters. The average Bonchev–Trinajstić information content (AvgIpc) is 2.55. The molecule has 0 fully saturated rings. The molecule has 22 heavy (non-hydrogen) atoms. The molecule has 0 bridgehead atoms. The van der Waals surface area contributed by atoms with Crippen molar-refractivity contribution in [2.24, 2.45) is 0 Å². The summed E-state index contributed by atoms with van der Waals surface area (Å²) in [5.74, 6) is 0.532. The van der Waals surface area contributed by atoms with Crippen LogP contribution in [0.25, 0.3) is 0 Å². The van der Waals surface area contributed by atoms with E-state index >= 15 is 0 Å². The molecule has 2 rings (SSSR count). The number of nitrogens with one attached hydrogen (secondary N) is 1. The molecule has 0 spiro atoms. The number of benzene rings is 2. The van der Waals surface area contributed by atoms with Gasteiger partial charge in [0.15, 0.2) is 0 Å². The first-order valence-corrected chi connectivity index (χ1v) is 8.71. The van der Waals surface area contributed by atoms with E-state index in [1.807, 2.05) is 37.3 Å². The maximum atomic E-state index is 12.2. The largest absolute Gasteiger partial charge is 0.325 e. The van der Waals surface area contributed by atoms with Crippen LogP contribution in [0.3, 0.4) is 0 Å². The summed E-state index contributed by atoms with van der Waals surface area (Å²) < 4.78 is 0. The van der Waals surface area contributed by atoms with Crippen LogP contribution in [0, 0.1) is 6.92 Å². The predicted molar refractivity (Wildman–Crippen MR) is 96.5 cm³/mol. The number of carbonyl (C=O) groups excluding carboxylic acids is 1. The second-order valence-electron chi connectivity index (χ2n) is 5.37. The van der Waals surface area contributed by atoms with Crippen molar-refractivity contribution in [1.29, 1.82) is 0 Å². The summed E-state index contributed by atoms with van der Waals surface area (Å²) in [5.41, 5.74) is 4.54. The summed E-state index contributed by atoms with van der Waals surface area (Å²) in [6.45, 7) is 6.28. The molecule has 2 aromatic carbocycles. The van der Waals surface area contributed by atoms with Gasteiger partial charge in [0, 0.05) is 10.9 Å². The van der Waals surface area contributed by atoms with Crippen LogP contribution in [0.5, 0.6) is 0 Å². The average molecular weight is 313 g/mol. The van der Waals surface area contributed by atoms with E-state index in [9.17, 15) is 4.79 Å². The highest BCUT2D eigenvalue weighted by Gasteiger charge is 2.11. The lowest BCUT2D eigenvalue weighted by atomic mass is 10.1. The van der Waals surface area contributed by atoms with Crippen molar-refractivity contribution < 1.29 is 4.79 Å². The van der Waals surface area contributed by atoms with Crippen molar-refractivity contribution in [3.05, 3.63) is 65.2 Å². The van der Waals surface area contributed by atoms with Gasteiger partial charge in [0.25, 0.3) is 0 Å². The zero-order valence-corrected chi connectivity index (χ0v) is 14.2. The Hall–Kier alpha value is -1.74. The smallest absolute Gasteiger partial charge is 0.234 e. The molecule has 1 amide bonds. The molecule has 2 aromatic rings. The van der Waals surface area contributed by atoms with Crippen molar-refractivity contribution in [1.82, 2.24) is 0 Å². The third-order valence-electron chi connectivity index (χ3n) is 3.74. The Morgan fingerprint density at radius 1 is 1.14 bits per heavy atom. The molecule has 0 aromatic heterocycles. The van der Waals surface area contributed by atoms with E-state index in [2.05, 4.69) is 37.4 Å². The molecule has 3 heteroatoms. The fraction of sp³-hybridized carbons (Fsp3) is 0.316. The summed E-state index contributed by atoms with van der Waals surface area (Å²) in [4.78, 5) is 12.2. The van der Waals surface area contributed by atoms with Gasteiger partial charge in [-0.15, -0.1) is 11.8 Å². The van der Waals surface area contributed by atoms with Crippen LogP contribution in [0.2, 0.25) is 0 Å². The van der Waals surface area contributed by atoms with E-state index in [1.165, 1.54) is 11.1 Å². The Kier molecular flexibility index (Phi) is 6.08. The van der Waals surface area contributed by atoms with Gasteiger partial charge in [-0.25, -0.2) is 0 Å². The van der Waals surface area contributed by atoms with Gasteiger partial charge in [0.1, 0.15) is 0 Å². The maximum absolute atomic E-state index is 12.2. The Morgan fingerprint density at radius 2 is 1.86 bits per heavy atom. The lowest BCUT2D eigenvalue weighted by Gasteiger charge is -2.14. The molecule has 0 radical (unpaired) electrons. The molecular formula is C19H23NOS. The third kappa shape index (κ3) is 4.38. The second-order valence-corrected chi connectivity index (χ2v) is 6.70. The number of hydrogen-bond acceptors (Lipinski definition) is 2. The zero-order chi connectivity index (χ0) is 15.9. The Morgan fingerprint density at radius 3 is 2.55 bits per heavy atom. The number of carbonyl (C=O) groups is 1. The van der Waals surface area contributed by atoms with Gasteiger partial charge in [-0.1, -0.05) is 55.5 Å². The molecule has 2 nitrogen and oxygen atoms in total. The van der Waals surface area contributed by atoms with E-state index in [-0.39, 0.29) is 5.91 Å². The summed E-state index contributed by atoms with van der Waals surface area (Å²) in [6.07, 6.45) is 0.921. The number of hydrogen-bond donors (Lipinski definition) is 1. The Labute approximate surface area is 137 Å². The minimum Gasteiger partial charge on any atom is -0.325 e. The van der Waals surface area contributed by atoms with Crippen molar-refractivity contribution >= 4 is 23.4 Å². The van der Waals surface area contributed by atoms with Crippen LogP contribution in [-0.4, -0.2) is 11.7 Å². The Bertz CT molecular complexity index is 625. The topological polar surface area (TPSA) is 29.1 Å². The number of anilines is 1. The molecule has 1 atom stereocenters. The van der Waals surface area contributed by atoms with E-state index in [1.54, 1.807) is 11.8 Å². The summed E-state index contributed by atoms with van der Waals surface area (Å²) in [5, 5.41) is 3.39. The van der Waals surface area contributed by atoms with Crippen LogP contribution < -0.4 is 5.32 Å². The van der Waals surface area contributed by atoms with Crippen LogP contribution in [-0.2, 0) is 11.2 Å². The van der Waals surface area contributed by atoms with Crippen LogP contribution in [0.15, 0.2) is 48.5 Å². The molecule has 1 N–H and O–H groups in total. The molecule has 116 valence electrons. The SMILES string of the molecule is CCc1cccc(C)c1NC(=O)CS[C@H](C)c1ccccc1. The molecule has 0 saturated heterocycles. The van der Waals surface area contributed by atoms with Crippen molar-refractivity contribution in [2.45, 2.75) is 32.4 Å². The quantitative estimate of drug-likeness (QED) is 0.814. The lowest BCUT2D eigenvalue weighted by Crippen LogP contribution is -2.16. The highest BCUT2D eigenvalue weighted by atomic mass is 32.2. The van der Waals surface area contributed by atoms with Crippen LogP contribution in [0.4, 0.5) is 5.69 Å². The molecule has 0 aliphatic rings. The first kappa shape index (κ1) is 16.6. The summed E-state index contributed by atoms with van der Waals surface area (Å²) in [6, 6.07) is 16.4. The number of amides is 1. The predicted octanol–water partition coefficient (Wildman–Crippen LogP) is 4.99. The van der Waals surface area contributed by atoms with Crippen molar-refractivity contribution in [3.8, 4) is 0 Å². The second kappa shape index (κ2) is 8.04. The molecule has 0 heterocycles. The molecular weight excluding hydrogens is 290 g/mol. The summed E-state index contributed by atoms with van der Waals surface area (Å²) in [7, 11) is 0. The molecule has 0 saturated carbocycles. The van der Waals surface area contributed by atoms with E-state index in [0.29, 0.717) is 11.0 Å². The van der Waals surface area contributed by atoms with Gasteiger partial charge < -0.3 is 5.32 Å². The summed E-state index contributed by atoms with van der Waals surface area (Å²) >= 11 is 1.66. The van der Waals surface area contributed by atoms with Gasteiger partial charge in [0.2, 0.25) is 5.91 Å². The van der Waals surface area contributed by atoms with Gasteiger partial charge in [0.05, 0.1) is 5.75 Å². The van der Waals surface area contributed by atoms with Gasteiger partial charge >= 0.3 is 0 Å². The number of thioether (sulfide) groups is 1. The van der Waals surface area contributed by atoms with Gasteiger partial charge in [-0.3, -0.25) is 4.79 Å². The van der Waals surface area contributed by atoms with E-state index in [4.69, 9.17) is 0 Å². The van der Waals surface area contributed by atoms with E-state index < -0.39 is 0 Å². The van der Waals surface area contributed by atoms with E-state index in [0.717, 1.165) is 17.7 Å². The monoisotopic (exact) mass is 313 g/mol. The minimum absolute atomic E-state index is 0.0665. The first-order chi connectivity index (χ1) is 10.6. The van der Waals surface area contributed by atoms with Gasteiger partial charge in [-0.05, 0) is 37.0 Å². The highest BCUT2D eigenvalue weighted by Crippen LogP contribution is 2.28.